The number of nitrogens with zero attached hydrogens (tertiary/aromatic N) is 2. The molecule has 1 fully saturated rings. The Morgan fingerprint density at radius 2 is 1.71 bits per heavy atom. The van der Waals surface area contributed by atoms with Gasteiger partial charge in [-0.15, -0.1) is 0 Å². The molecule has 1 aliphatic heterocycles. The third kappa shape index (κ3) is 4.05. The van der Waals surface area contributed by atoms with Crippen LogP contribution in [0.3, 0.4) is 0 Å². The number of nitrogens with two attached hydrogens (primary N) is 1. The molecule has 3 aromatic rings. The highest BCUT2D eigenvalue weighted by molar-refractivity contribution is 5.90. The predicted octanol–water partition coefficient (Wildman–Crippen LogP) is 4.68. The van der Waals surface area contributed by atoms with E-state index >= 15 is 0 Å². The van der Waals surface area contributed by atoms with E-state index in [0.29, 0.717) is 22.3 Å². The molecular weight excluding hydrogens is 393 g/mol. The van der Waals surface area contributed by atoms with E-state index in [1.165, 1.54) is 12.1 Å². The summed E-state index contributed by atoms with van der Waals surface area (Å²) >= 11 is 0. The predicted molar refractivity (Wildman–Crippen MR) is 119 cm³/mol. The Bertz CT molecular complexity index is 1180. The summed E-state index contributed by atoms with van der Waals surface area (Å²) in [7, 11) is 0. The third-order valence-electron chi connectivity index (χ3n) is 5.91. The fraction of sp³-hybridized carbons (Fsp3) is 0.240. The first-order valence-electron chi connectivity index (χ1n) is 10.2. The van der Waals surface area contributed by atoms with Gasteiger partial charge in [0, 0.05) is 36.4 Å². The number of phenolic OH excluding ortho intramolecular Hbond substituents is 2. The maximum absolute atomic E-state index is 14.4. The molecule has 4 N–H and O–H groups in total. The van der Waals surface area contributed by atoms with Gasteiger partial charge in [-0.3, -0.25) is 0 Å². The van der Waals surface area contributed by atoms with Crippen molar-refractivity contribution in [2.45, 2.75) is 25.8 Å². The molecule has 0 aliphatic carbocycles. The lowest BCUT2D eigenvalue weighted by Crippen LogP contribution is -2.39. The molecule has 0 bridgehead atoms. The molecule has 0 saturated carbocycles. The molecule has 0 atom stereocenters. The van der Waals surface area contributed by atoms with Gasteiger partial charge in [0.15, 0.2) is 0 Å². The van der Waals surface area contributed by atoms with Crippen LogP contribution in [0.15, 0.2) is 48.5 Å². The Labute approximate surface area is 180 Å². The molecule has 158 valence electrons. The van der Waals surface area contributed by atoms with Crippen LogP contribution in [0.25, 0.3) is 22.3 Å². The van der Waals surface area contributed by atoms with Crippen molar-refractivity contribution >= 4 is 5.69 Å². The van der Waals surface area contributed by atoms with E-state index < -0.39 is 5.82 Å². The normalized spacial score (nSPS) is 14.5. The summed E-state index contributed by atoms with van der Waals surface area (Å²) < 4.78 is 14.4. The lowest BCUT2D eigenvalue weighted by molar-refractivity contribution is 0.470. The minimum absolute atomic E-state index is 0.0374. The molecule has 6 heteroatoms. The molecule has 1 saturated heterocycles. The largest absolute Gasteiger partial charge is 0.508 e. The van der Waals surface area contributed by atoms with E-state index in [2.05, 4.69) is 4.90 Å². The second kappa shape index (κ2) is 8.29. The van der Waals surface area contributed by atoms with Crippen molar-refractivity contribution in [2.24, 2.45) is 5.73 Å². The molecule has 0 radical (unpaired) electrons. The van der Waals surface area contributed by atoms with Crippen LogP contribution in [-0.2, 0) is 0 Å². The summed E-state index contributed by atoms with van der Waals surface area (Å²) in [5, 5.41) is 30.3. The highest BCUT2D eigenvalue weighted by Crippen LogP contribution is 2.43. The van der Waals surface area contributed by atoms with Crippen LogP contribution in [0.4, 0.5) is 10.1 Å². The SMILES string of the molecule is Cc1ccc(-c2c(O)cc(N3CCC(N)CC3)cc2-c2ccc(C#N)c(F)c2)cc1O. The Balaban J connectivity index is 1.90. The van der Waals surface area contributed by atoms with E-state index in [0.717, 1.165) is 37.2 Å². The molecular formula is C25H24FN3O2. The lowest BCUT2D eigenvalue weighted by Gasteiger charge is -2.32. The van der Waals surface area contributed by atoms with Crippen LogP contribution in [0, 0.1) is 24.1 Å². The number of aryl methyl sites for hydroxylation is 1. The monoisotopic (exact) mass is 417 g/mol. The van der Waals surface area contributed by atoms with E-state index in [1.54, 1.807) is 31.2 Å². The van der Waals surface area contributed by atoms with Gasteiger partial charge in [0.1, 0.15) is 23.4 Å². The van der Waals surface area contributed by atoms with E-state index in [1.807, 2.05) is 18.2 Å². The molecule has 0 aromatic heterocycles. The van der Waals surface area contributed by atoms with Crippen molar-refractivity contribution in [3.63, 3.8) is 0 Å². The van der Waals surface area contributed by atoms with E-state index in [4.69, 9.17) is 11.0 Å². The zero-order chi connectivity index (χ0) is 22.1. The van der Waals surface area contributed by atoms with Gasteiger partial charge in [0.25, 0.3) is 0 Å². The van der Waals surface area contributed by atoms with Crippen LogP contribution >= 0.6 is 0 Å². The van der Waals surface area contributed by atoms with Crippen LogP contribution < -0.4 is 10.6 Å². The number of phenols is 2. The van der Waals surface area contributed by atoms with Crippen molar-refractivity contribution in [1.29, 1.82) is 5.26 Å². The Morgan fingerprint density at radius 3 is 2.35 bits per heavy atom. The number of hydrogen-bond donors (Lipinski definition) is 3. The number of nitriles is 1. The highest BCUT2D eigenvalue weighted by Gasteiger charge is 2.21. The molecule has 0 spiro atoms. The molecule has 1 heterocycles. The maximum Gasteiger partial charge on any atom is 0.141 e. The van der Waals surface area contributed by atoms with Crippen LogP contribution in [-0.4, -0.2) is 29.3 Å². The lowest BCUT2D eigenvalue weighted by atomic mass is 9.91. The van der Waals surface area contributed by atoms with Gasteiger partial charge in [-0.05, 0) is 66.3 Å². The Hall–Kier alpha value is -3.56. The Kier molecular flexibility index (Phi) is 5.53. The summed E-state index contributed by atoms with van der Waals surface area (Å²) in [6, 6.07) is 15.2. The van der Waals surface area contributed by atoms with Crippen molar-refractivity contribution in [2.75, 3.05) is 18.0 Å². The van der Waals surface area contributed by atoms with Crippen molar-refractivity contribution in [3.8, 4) is 39.8 Å². The minimum atomic E-state index is -0.619. The molecule has 3 aromatic carbocycles. The number of piperidine rings is 1. The molecule has 0 amide bonds. The Morgan fingerprint density at radius 1 is 1.00 bits per heavy atom. The fourth-order valence-electron chi connectivity index (χ4n) is 4.02. The highest BCUT2D eigenvalue weighted by atomic mass is 19.1. The van der Waals surface area contributed by atoms with Crippen LogP contribution in [0.1, 0.15) is 24.0 Å². The summed E-state index contributed by atoms with van der Waals surface area (Å²) in [4.78, 5) is 2.16. The summed E-state index contributed by atoms with van der Waals surface area (Å²) in [6.07, 6.45) is 1.71. The van der Waals surface area contributed by atoms with Gasteiger partial charge in [-0.25, -0.2) is 4.39 Å². The first kappa shape index (κ1) is 20.7. The second-order valence-electron chi connectivity index (χ2n) is 8.02. The van der Waals surface area contributed by atoms with Crippen molar-refractivity contribution < 1.29 is 14.6 Å². The molecule has 31 heavy (non-hydrogen) atoms. The average Bonchev–Trinajstić information content (AvgIpc) is 2.75. The maximum atomic E-state index is 14.4. The van der Waals surface area contributed by atoms with Crippen molar-refractivity contribution in [3.05, 3.63) is 65.5 Å². The molecule has 0 unspecified atom stereocenters. The first-order valence-corrected chi connectivity index (χ1v) is 10.2. The summed E-state index contributed by atoms with van der Waals surface area (Å²) in [6.45, 7) is 3.33. The van der Waals surface area contributed by atoms with Gasteiger partial charge in [0.2, 0.25) is 0 Å². The smallest absolute Gasteiger partial charge is 0.141 e. The van der Waals surface area contributed by atoms with Crippen LogP contribution in [0.5, 0.6) is 11.5 Å². The number of hydrogen-bond acceptors (Lipinski definition) is 5. The number of benzene rings is 3. The van der Waals surface area contributed by atoms with Crippen LogP contribution in [0.2, 0.25) is 0 Å². The molecule has 5 nitrogen and oxygen atoms in total. The topological polar surface area (TPSA) is 93.5 Å². The summed E-state index contributed by atoms with van der Waals surface area (Å²) in [5.41, 5.74) is 9.81. The van der Waals surface area contributed by atoms with Gasteiger partial charge in [-0.1, -0.05) is 18.2 Å². The molecule has 4 rings (SSSR count). The van der Waals surface area contributed by atoms with Gasteiger partial charge in [0.05, 0.1) is 5.56 Å². The van der Waals surface area contributed by atoms with E-state index in [-0.39, 0.29) is 23.1 Å². The van der Waals surface area contributed by atoms with Crippen molar-refractivity contribution in [1.82, 2.24) is 0 Å². The number of anilines is 1. The quantitative estimate of drug-likeness (QED) is 0.575. The number of rotatable bonds is 3. The second-order valence-corrected chi connectivity index (χ2v) is 8.02. The first-order chi connectivity index (χ1) is 14.9. The van der Waals surface area contributed by atoms with Gasteiger partial charge in [-0.2, -0.15) is 5.26 Å². The zero-order valence-electron chi connectivity index (χ0n) is 17.3. The third-order valence-corrected chi connectivity index (χ3v) is 5.91. The summed E-state index contributed by atoms with van der Waals surface area (Å²) in [5.74, 6) is -0.468. The number of aromatic hydroxyl groups is 2. The fourth-order valence-corrected chi connectivity index (χ4v) is 4.02. The minimum Gasteiger partial charge on any atom is -0.508 e. The molecule has 1 aliphatic rings. The van der Waals surface area contributed by atoms with Gasteiger partial charge >= 0.3 is 0 Å². The number of halogens is 1. The zero-order valence-corrected chi connectivity index (χ0v) is 17.3. The standard InChI is InChI=1S/C25H24FN3O2/c1-15-2-3-17(11-23(15)30)25-21(16-4-5-18(14-27)22(26)10-16)12-20(13-24(25)31)29-8-6-19(28)7-9-29/h2-5,10-13,19,30-31H,6-9,28H2,1H3. The van der Waals surface area contributed by atoms with Gasteiger partial charge < -0.3 is 20.8 Å². The van der Waals surface area contributed by atoms with E-state index in [9.17, 15) is 14.6 Å². The average molecular weight is 417 g/mol.